The van der Waals surface area contributed by atoms with Gasteiger partial charge in [-0.3, -0.25) is 0 Å². The molecule has 0 aliphatic heterocycles. The quantitative estimate of drug-likeness (QED) is 0.667. The van der Waals surface area contributed by atoms with E-state index in [9.17, 15) is 4.39 Å². The van der Waals surface area contributed by atoms with Crippen LogP contribution < -0.4 is 0 Å². The van der Waals surface area contributed by atoms with Crippen LogP contribution in [-0.2, 0) is 0 Å². The fourth-order valence-electron chi connectivity index (χ4n) is 1.78. The van der Waals surface area contributed by atoms with Crippen LogP contribution in [0.5, 0.6) is 0 Å². The average molecular weight is 265 g/mol. The lowest BCUT2D eigenvalue weighted by atomic mass is 10.2. The molecule has 3 aromatic rings. The lowest BCUT2D eigenvalue weighted by Crippen LogP contribution is -1.94. The molecular formula is C14H8FN5. The Balaban J connectivity index is 1.98. The van der Waals surface area contributed by atoms with Crippen LogP contribution in [-0.4, -0.2) is 20.0 Å². The maximum atomic E-state index is 13.6. The first kappa shape index (κ1) is 12.0. The van der Waals surface area contributed by atoms with Gasteiger partial charge in [0.15, 0.2) is 0 Å². The van der Waals surface area contributed by atoms with E-state index in [0.717, 1.165) is 5.69 Å². The predicted octanol–water partition coefficient (Wildman–Crippen LogP) is 2.34. The zero-order valence-electron chi connectivity index (χ0n) is 10.2. The van der Waals surface area contributed by atoms with Crippen LogP contribution in [0.1, 0.15) is 5.56 Å². The smallest absolute Gasteiger partial charge is 0.222 e. The third-order valence-corrected chi connectivity index (χ3v) is 2.79. The number of nitrogens with zero attached hydrogens (tertiary/aromatic N) is 5. The van der Waals surface area contributed by atoms with Crippen molar-refractivity contribution in [3.63, 3.8) is 0 Å². The van der Waals surface area contributed by atoms with Gasteiger partial charge in [0.05, 0.1) is 29.1 Å². The van der Waals surface area contributed by atoms with Crippen molar-refractivity contribution < 1.29 is 4.39 Å². The van der Waals surface area contributed by atoms with Crippen LogP contribution in [0.3, 0.4) is 0 Å². The summed E-state index contributed by atoms with van der Waals surface area (Å²) in [5.41, 5.74) is 2.01. The number of halogens is 1. The minimum atomic E-state index is -0.584. The molecule has 0 aliphatic rings. The van der Waals surface area contributed by atoms with Gasteiger partial charge < -0.3 is 0 Å². The van der Waals surface area contributed by atoms with E-state index in [1.807, 2.05) is 6.07 Å². The topological polar surface area (TPSA) is 67.4 Å². The molecule has 0 atom stereocenters. The Bertz CT molecular complexity index is 786. The monoisotopic (exact) mass is 265 g/mol. The highest BCUT2D eigenvalue weighted by Crippen LogP contribution is 2.19. The van der Waals surface area contributed by atoms with Crippen molar-refractivity contribution in [3.05, 3.63) is 60.3 Å². The highest BCUT2D eigenvalue weighted by atomic mass is 19.1. The Kier molecular flexibility index (Phi) is 2.94. The molecule has 2 heterocycles. The van der Waals surface area contributed by atoms with E-state index >= 15 is 0 Å². The summed E-state index contributed by atoms with van der Waals surface area (Å²) in [6, 6.07) is 12.1. The number of hydrogen-bond acceptors (Lipinski definition) is 4. The summed E-state index contributed by atoms with van der Waals surface area (Å²) < 4.78 is 15.1. The molecule has 2 aromatic heterocycles. The molecule has 0 radical (unpaired) electrons. The number of benzene rings is 1. The molecule has 1 aromatic carbocycles. The van der Waals surface area contributed by atoms with Gasteiger partial charge >= 0.3 is 0 Å². The van der Waals surface area contributed by atoms with Crippen LogP contribution >= 0.6 is 0 Å². The van der Waals surface area contributed by atoms with E-state index in [4.69, 9.17) is 5.26 Å². The molecule has 6 heteroatoms. The van der Waals surface area contributed by atoms with Crippen molar-refractivity contribution in [1.29, 1.82) is 5.26 Å². The molecule has 0 aliphatic carbocycles. The Morgan fingerprint density at radius 1 is 1.15 bits per heavy atom. The van der Waals surface area contributed by atoms with Crippen molar-refractivity contribution in [2.75, 3.05) is 0 Å². The molecule has 0 saturated heterocycles. The molecule has 96 valence electrons. The molecule has 5 nitrogen and oxygen atoms in total. The summed E-state index contributed by atoms with van der Waals surface area (Å²) >= 11 is 0. The maximum Gasteiger partial charge on any atom is 0.222 e. The van der Waals surface area contributed by atoms with Crippen molar-refractivity contribution in [1.82, 2.24) is 20.0 Å². The van der Waals surface area contributed by atoms with Crippen molar-refractivity contribution in [2.45, 2.75) is 0 Å². The van der Waals surface area contributed by atoms with Gasteiger partial charge in [-0.25, -0.2) is 9.67 Å². The lowest BCUT2D eigenvalue weighted by Gasteiger charge is -1.99. The predicted molar refractivity (Wildman–Crippen MR) is 69.3 cm³/mol. The number of nitriles is 1. The second-order valence-corrected chi connectivity index (χ2v) is 4.05. The van der Waals surface area contributed by atoms with E-state index in [-0.39, 0.29) is 0 Å². The van der Waals surface area contributed by atoms with E-state index < -0.39 is 5.95 Å². The number of aromatic nitrogens is 4. The van der Waals surface area contributed by atoms with E-state index in [1.165, 1.54) is 10.9 Å². The van der Waals surface area contributed by atoms with Crippen LogP contribution in [0.4, 0.5) is 4.39 Å². The Labute approximate surface area is 113 Å². The van der Waals surface area contributed by atoms with Gasteiger partial charge in [-0.1, -0.05) is 5.21 Å². The van der Waals surface area contributed by atoms with Crippen molar-refractivity contribution in [2.24, 2.45) is 0 Å². The molecule has 0 bridgehead atoms. The van der Waals surface area contributed by atoms with Gasteiger partial charge in [-0.05, 0) is 36.4 Å². The second kappa shape index (κ2) is 4.90. The number of hydrogen-bond donors (Lipinski definition) is 0. The van der Waals surface area contributed by atoms with Crippen LogP contribution in [0.25, 0.3) is 16.9 Å². The van der Waals surface area contributed by atoms with E-state index in [0.29, 0.717) is 16.8 Å². The first-order valence-corrected chi connectivity index (χ1v) is 5.82. The third kappa shape index (κ3) is 2.12. The van der Waals surface area contributed by atoms with E-state index in [1.54, 1.807) is 42.6 Å². The Hall–Kier alpha value is -3.07. The van der Waals surface area contributed by atoms with Gasteiger partial charge in [-0.2, -0.15) is 9.65 Å². The minimum Gasteiger partial charge on any atom is -0.228 e. The largest absolute Gasteiger partial charge is 0.228 e. The second-order valence-electron chi connectivity index (χ2n) is 4.05. The normalized spacial score (nSPS) is 10.2. The van der Waals surface area contributed by atoms with Crippen molar-refractivity contribution >= 4 is 0 Å². The zero-order valence-corrected chi connectivity index (χ0v) is 10.2. The van der Waals surface area contributed by atoms with Crippen LogP contribution in [0.15, 0.2) is 48.8 Å². The first-order valence-electron chi connectivity index (χ1n) is 5.82. The van der Waals surface area contributed by atoms with Gasteiger partial charge in [0, 0.05) is 6.20 Å². The van der Waals surface area contributed by atoms with Gasteiger partial charge in [0.25, 0.3) is 0 Å². The zero-order chi connectivity index (χ0) is 13.9. The van der Waals surface area contributed by atoms with Gasteiger partial charge in [0.1, 0.15) is 5.69 Å². The highest BCUT2D eigenvalue weighted by molar-refractivity contribution is 5.57. The summed E-state index contributed by atoms with van der Waals surface area (Å²) in [5, 5.41) is 16.6. The molecule has 0 amide bonds. The Morgan fingerprint density at radius 3 is 2.65 bits per heavy atom. The molecule has 0 saturated carbocycles. The van der Waals surface area contributed by atoms with Crippen LogP contribution in [0.2, 0.25) is 0 Å². The summed E-state index contributed by atoms with van der Waals surface area (Å²) in [7, 11) is 0. The fraction of sp³-hybridized carbons (Fsp3) is 0. The number of pyridine rings is 1. The number of rotatable bonds is 2. The Morgan fingerprint density at radius 2 is 1.95 bits per heavy atom. The molecule has 0 N–H and O–H groups in total. The molecule has 0 unspecified atom stereocenters. The molecule has 3 rings (SSSR count). The first-order chi connectivity index (χ1) is 9.78. The van der Waals surface area contributed by atoms with Gasteiger partial charge in [-0.15, -0.1) is 5.10 Å². The molecule has 0 spiro atoms. The minimum absolute atomic E-state index is 0.299. The molecule has 20 heavy (non-hydrogen) atoms. The molecule has 0 fully saturated rings. The lowest BCUT2D eigenvalue weighted by molar-refractivity contribution is 0.587. The fourth-order valence-corrected chi connectivity index (χ4v) is 1.78. The van der Waals surface area contributed by atoms with Gasteiger partial charge in [0.2, 0.25) is 5.95 Å². The summed E-state index contributed by atoms with van der Waals surface area (Å²) in [4.78, 5) is 3.58. The SMILES string of the molecule is N#Cc1ccc(-n2cc(-c3cccnc3F)nn2)cc1. The maximum absolute atomic E-state index is 13.6. The average Bonchev–Trinajstić information content (AvgIpc) is 2.97. The summed E-state index contributed by atoms with van der Waals surface area (Å²) in [6.45, 7) is 0. The molecular weight excluding hydrogens is 257 g/mol. The third-order valence-electron chi connectivity index (χ3n) is 2.79. The van der Waals surface area contributed by atoms with Crippen molar-refractivity contribution in [3.8, 4) is 23.0 Å². The summed E-state index contributed by atoms with van der Waals surface area (Å²) in [6.07, 6.45) is 2.99. The van der Waals surface area contributed by atoms with E-state index in [2.05, 4.69) is 15.3 Å². The standard InChI is InChI=1S/C14H8FN5/c15-14-12(2-1-7-17-14)13-9-20(19-18-13)11-5-3-10(8-16)4-6-11/h1-7,9H. The van der Waals surface area contributed by atoms with Crippen LogP contribution in [0, 0.1) is 17.3 Å². The highest BCUT2D eigenvalue weighted by Gasteiger charge is 2.10. The summed E-state index contributed by atoms with van der Waals surface area (Å²) in [5.74, 6) is -0.584.